The lowest BCUT2D eigenvalue weighted by Crippen LogP contribution is -2.55. The predicted molar refractivity (Wildman–Crippen MR) is 46.1 cm³/mol. The number of aliphatic carboxylic acids is 1. The van der Waals surface area contributed by atoms with Gasteiger partial charge < -0.3 is 10.4 Å². The Morgan fingerprint density at radius 2 is 2.42 bits per heavy atom. The lowest BCUT2D eigenvalue weighted by molar-refractivity contribution is -0.143. The second kappa shape index (κ2) is 3.87. The minimum atomic E-state index is -0.733. The summed E-state index contributed by atoms with van der Waals surface area (Å²) in [6.45, 7) is 6.39. The Morgan fingerprint density at radius 1 is 1.75 bits per heavy atom. The van der Waals surface area contributed by atoms with Crippen LogP contribution < -0.4 is 5.32 Å². The van der Waals surface area contributed by atoms with Gasteiger partial charge >= 0.3 is 5.97 Å². The first-order valence-corrected chi connectivity index (χ1v) is 4.32. The zero-order valence-corrected chi connectivity index (χ0v) is 7.58. The van der Waals surface area contributed by atoms with E-state index in [9.17, 15) is 4.79 Å². The predicted octanol–water partition coefficient (Wildman–Crippen LogP) is -0.247. The maximum absolute atomic E-state index is 10.7. The summed E-state index contributed by atoms with van der Waals surface area (Å²) < 4.78 is 0. The number of rotatable bonds is 2. The van der Waals surface area contributed by atoms with Crippen LogP contribution in [-0.2, 0) is 4.79 Å². The molecule has 1 fully saturated rings. The fourth-order valence-electron chi connectivity index (χ4n) is 1.57. The quantitative estimate of drug-likeness (QED) is 0.603. The first-order valence-electron chi connectivity index (χ1n) is 4.32. The van der Waals surface area contributed by atoms with E-state index in [1.165, 1.54) is 0 Å². The smallest absolute Gasteiger partial charge is 0.320 e. The fraction of sp³-hybridized carbons (Fsp3) is 0.875. The third-order valence-corrected chi connectivity index (χ3v) is 2.41. The van der Waals surface area contributed by atoms with E-state index in [1.807, 2.05) is 11.8 Å². The second-order valence-corrected chi connectivity index (χ2v) is 3.31. The van der Waals surface area contributed by atoms with Crippen molar-refractivity contribution in [2.45, 2.75) is 25.9 Å². The van der Waals surface area contributed by atoms with Crippen LogP contribution in [0.5, 0.6) is 0 Å². The molecule has 4 nitrogen and oxygen atoms in total. The number of hydrogen-bond acceptors (Lipinski definition) is 3. The summed E-state index contributed by atoms with van der Waals surface area (Å²) in [5.74, 6) is -0.733. The number of nitrogens with zero attached hydrogens (tertiary/aromatic N) is 1. The van der Waals surface area contributed by atoms with Gasteiger partial charge in [0.05, 0.1) is 0 Å². The standard InChI is InChI=1S/C8H16N2O2/c1-6-5-9-3-4-10(6)7(2)8(11)12/h6-7,9H,3-5H2,1-2H3,(H,11,12). The van der Waals surface area contributed by atoms with E-state index in [0.29, 0.717) is 6.04 Å². The van der Waals surface area contributed by atoms with E-state index >= 15 is 0 Å². The molecule has 0 aromatic rings. The molecule has 4 heteroatoms. The van der Waals surface area contributed by atoms with Gasteiger partial charge in [-0.2, -0.15) is 0 Å². The molecule has 0 aromatic carbocycles. The minimum absolute atomic E-state index is 0.324. The Kier molecular flexibility index (Phi) is 3.05. The van der Waals surface area contributed by atoms with Gasteiger partial charge in [0.25, 0.3) is 0 Å². The zero-order chi connectivity index (χ0) is 9.14. The SMILES string of the molecule is CC1CNCCN1C(C)C(=O)O. The number of nitrogens with one attached hydrogen (secondary N) is 1. The Balaban J connectivity index is 2.53. The number of carboxylic acids is 1. The van der Waals surface area contributed by atoms with E-state index in [1.54, 1.807) is 6.92 Å². The van der Waals surface area contributed by atoms with Crippen LogP contribution in [-0.4, -0.2) is 47.7 Å². The molecule has 0 aromatic heterocycles. The number of piperazine rings is 1. The van der Waals surface area contributed by atoms with E-state index in [0.717, 1.165) is 19.6 Å². The van der Waals surface area contributed by atoms with Crippen LogP contribution >= 0.6 is 0 Å². The summed E-state index contributed by atoms with van der Waals surface area (Å²) in [5.41, 5.74) is 0. The molecule has 2 atom stereocenters. The molecule has 0 saturated carbocycles. The van der Waals surface area contributed by atoms with E-state index in [-0.39, 0.29) is 6.04 Å². The van der Waals surface area contributed by atoms with Crippen LogP contribution in [0.3, 0.4) is 0 Å². The van der Waals surface area contributed by atoms with Crippen molar-refractivity contribution in [1.29, 1.82) is 0 Å². The van der Waals surface area contributed by atoms with Crippen LogP contribution in [0, 0.1) is 0 Å². The normalized spacial score (nSPS) is 28.3. The molecule has 0 spiro atoms. The Bertz CT molecular complexity index is 172. The highest BCUT2D eigenvalue weighted by Crippen LogP contribution is 2.07. The van der Waals surface area contributed by atoms with Gasteiger partial charge in [-0.05, 0) is 13.8 Å². The molecular weight excluding hydrogens is 156 g/mol. The summed E-state index contributed by atoms with van der Waals surface area (Å²) in [7, 11) is 0. The van der Waals surface area contributed by atoms with Gasteiger partial charge in [0.15, 0.2) is 0 Å². The van der Waals surface area contributed by atoms with Crippen molar-refractivity contribution in [3.05, 3.63) is 0 Å². The van der Waals surface area contributed by atoms with Crippen molar-refractivity contribution >= 4 is 5.97 Å². The minimum Gasteiger partial charge on any atom is -0.480 e. The molecule has 1 aliphatic heterocycles. The van der Waals surface area contributed by atoms with Crippen LogP contribution in [0.15, 0.2) is 0 Å². The molecule has 1 heterocycles. The van der Waals surface area contributed by atoms with Crippen molar-refractivity contribution in [2.75, 3.05) is 19.6 Å². The molecule has 0 amide bonds. The molecule has 0 radical (unpaired) electrons. The van der Waals surface area contributed by atoms with Crippen molar-refractivity contribution in [1.82, 2.24) is 10.2 Å². The van der Waals surface area contributed by atoms with Gasteiger partial charge in [-0.25, -0.2) is 0 Å². The van der Waals surface area contributed by atoms with Gasteiger partial charge in [-0.15, -0.1) is 0 Å². The largest absolute Gasteiger partial charge is 0.480 e. The van der Waals surface area contributed by atoms with Crippen molar-refractivity contribution in [2.24, 2.45) is 0 Å². The first kappa shape index (κ1) is 9.48. The first-order chi connectivity index (χ1) is 5.63. The van der Waals surface area contributed by atoms with Crippen LogP contribution in [0.25, 0.3) is 0 Å². The average molecular weight is 172 g/mol. The van der Waals surface area contributed by atoms with Gasteiger partial charge in [0, 0.05) is 25.7 Å². The van der Waals surface area contributed by atoms with E-state index in [2.05, 4.69) is 5.32 Å². The Morgan fingerprint density at radius 3 is 2.92 bits per heavy atom. The summed E-state index contributed by atoms with van der Waals surface area (Å²) in [6, 6.07) is -0.0352. The molecule has 1 aliphatic rings. The second-order valence-electron chi connectivity index (χ2n) is 3.31. The summed E-state index contributed by atoms with van der Waals surface area (Å²) in [4.78, 5) is 12.7. The summed E-state index contributed by atoms with van der Waals surface area (Å²) in [6.07, 6.45) is 0. The van der Waals surface area contributed by atoms with Crippen molar-refractivity contribution in [3.63, 3.8) is 0 Å². The van der Waals surface area contributed by atoms with Gasteiger partial charge in [0.1, 0.15) is 6.04 Å². The van der Waals surface area contributed by atoms with Crippen LogP contribution in [0.4, 0.5) is 0 Å². The zero-order valence-electron chi connectivity index (χ0n) is 7.58. The lowest BCUT2D eigenvalue weighted by atomic mass is 10.1. The van der Waals surface area contributed by atoms with E-state index < -0.39 is 5.97 Å². The third kappa shape index (κ3) is 1.95. The maximum atomic E-state index is 10.7. The van der Waals surface area contributed by atoms with Crippen LogP contribution in [0.1, 0.15) is 13.8 Å². The molecular formula is C8H16N2O2. The highest BCUT2D eigenvalue weighted by Gasteiger charge is 2.26. The topological polar surface area (TPSA) is 52.6 Å². The summed E-state index contributed by atoms with van der Waals surface area (Å²) >= 11 is 0. The highest BCUT2D eigenvalue weighted by molar-refractivity contribution is 5.72. The number of hydrogen-bond donors (Lipinski definition) is 2. The molecule has 1 saturated heterocycles. The monoisotopic (exact) mass is 172 g/mol. The third-order valence-electron chi connectivity index (χ3n) is 2.41. The lowest BCUT2D eigenvalue weighted by Gasteiger charge is -2.36. The molecule has 2 N–H and O–H groups in total. The summed E-state index contributed by atoms with van der Waals surface area (Å²) in [5, 5.41) is 12.0. The van der Waals surface area contributed by atoms with Crippen molar-refractivity contribution < 1.29 is 9.90 Å². The van der Waals surface area contributed by atoms with Gasteiger partial charge in [-0.3, -0.25) is 9.69 Å². The highest BCUT2D eigenvalue weighted by atomic mass is 16.4. The fourth-order valence-corrected chi connectivity index (χ4v) is 1.57. The van der Waals surface area contributed by atoms with Crippen molar-refractivity contribution in [3.8, 4) is 0 Å². The average Bonchev–Trinajstić information content (AvgIpc) is 2.04. The molecule has 0 bridgehead atoms. The van der Waals surface area contributed by atoms with Crippen LogP contribution in [0.2, 0.25) is 0 Å². The van der Waals surface area contributed by atoms with Gasteiger partial charge in [-0.1, -0.05) is 0 Å². The van der Waals surface area contributed by atoms with Gasteiger partial charge in [0.2, 0.25) is 0 Å². The Labute approximate surface area is 72.6 Å². The molecule has 12 heavy (non-hydrogen) atoms. The maximum Gasteiger partial charge on any atom is 0.320 e. The Hall–Kier alpha value is -0.610. The number of carbonyl (C=O) groups is 1. The molecule has 2 unspecified atom stereocenters. The molecule has 1 rings (SSSR count). The van der Waals surface area contributed by atoms with E-state index in [4.69, 9.17) is 5.11 Å². The molecule has 0 aliphatic carbocycles. The number of carboxylic acid groups (broad SMARTS) is 1. The molecule has 70 valence electrons.